The molecular weight excluding hydrogens is 450 g/mol. The number of carbonyl (C=O) groups is 2. The number of ether oxygens (including phenoxy) is 5. The minimum Gasteiger partial charge on any atom is -0.493 e. The molecule has 0 aromatic heterocycles. The van der Waals surface area contributed by atoms with E-state index in [1.54, 1.807) is 11.8 Å². The van der Waals surface area contributed by atoms with Crippen LogP contribution in [0, 0.1) is 0 Å². The van der Waals surface area contributed by atoms with Crippen LogP contribution in [0.3, 0.4) is 0 Å². The van der Waals surface area contributed by atoms with Crippen LogP contribution in [0.5, 0.6) is 17.2 Å². The third-order valence-corrected chi connectivity index (χ3v) is 5.72. The second kappa shape index (κ2) is 10.7. The van der Waals surface area contributed by atoms with Gasteiger partial charge in [-0.25, -0.2) is 9.59 Å². The van der Waals surface area contributed by atoms with Crippen LogP contribution < -0.4 is 14.2 Å². The van der Waals surface area contributed by atoms with Crippen LogP contribution in [0.2, 0.25) is 0 Å². The Labute approximate surface area is 198 Å². The van der Waals surface area contributed by atoms with E-state index in [0.717, 1.165) is 12.0 Å². The number of hydrogen-bond donors (Lipinski definition) is 0. The molecule has 0 bridgehead atoms. The minimum atomic E-state index is -0.875. The smallest absolute Gasteiger partial charge is 0.412 e. The van der Waals surface area contributed by atoms with Gasteiger partial charge in [-0.1, -0.05) is 41.9 Å². The Balaban J connectivity index is 1.91. The molecule has 1 amide bonds. The summed E-state index contributed by atoms with van der Waals surface area (Å²) < 4.78 is 27.0. The number of hydrogen-bond acceptors (Lipinski definition) is 7. The Morgan fingerprint density at radius 2 is 1.70 bits per heavy atom. The van der Waals surface area contributed by atoms with Gasteiger partial charge in [0.05, 0.1) is 26.9 Å². The normalized spacial score (nSPS) is 18.4. The first-order chi connectivity index (χ1) is 15.9. The van der Waals surface area contributed by atoms with Crippen LogP contribution in [0.1, 0.15) is 35.7 Å². The lowest BCUT2D eigenvalue weighted by Gasteiger charge is -2.38. The van der Waals surface area contributed by atoms with Crippen molar-refractivity contribution in [1.82, 2.24) is 4.90 Å². The second-order valence-corrected chi connectivity index (χ2v) is 8.18. The third-order valence-electron chi connectivity index (χ3n) is 5.63. The summed E-state index contributed by atoms with van der Waals surface area (Å²) in [6.45, 7) is 1.97. The summed E-state index contributed by atoms with van der Waals surface area (Å²) in [6.07, 6.45) is 0.774. The molecule has 0 N–H and O–H groups in total. The van der Waals surface area contributed by atoms with E-state index in [0.29, 0.717) is 30.2 Å². The van der Waals surface area contributed by atoms with E-state index in [2.05, 4.69) is 0 Å². The number of benzene rings is 2. The van der Waals surface area contributed by atoms with Crippen molar-refractivity contribution >= 4 is 23.7 Å². The molecule has 8 nitrogen and oxygen atoms in total. The maximum atomic E-state index is 13.0. The van der Waals surface area contributed by atoms with Gasteiger partial charge in [0.2, 0.25) is 5.75 Å². The molecule has 1 saturated heterocycles. The molecule has 0 saturated carbocycles. The van der Waals surface area contributed by atoms with E-state index >= 15 is 0 Å². The number of carbonyl (C=O) groups excluding carboxylic acids is 2. The van der Waals surface area contributed by atoms with E-state index in [1.165, 1.54) is 33.5 Å². The van der Waals surface area contributed by atoms with Gasteiger partial charge in [0, 0.05) is 6.54 Å². The van der Waals surface area contributed by atoms with Crippen LogP contribution in [-0.4, -0.2) is 57.0 Å². The van der Waals surface area contributed by atoms with Gasteiger partial charge in [0.25, 0.3) is 0 Å². The molecule has 3 rings (SSSR count). The number of halogens is 1. The van der Waals surface area contributed by atoms with Gasteiger partial charge < -0.3 is 23.7 Å². The van der Waals surface area contributed by atoms with E-state index in [9.17, 15) is 9.59 Å². The van der Waals surface area contributed by atoms with Crippen molar-refractivity contribution in [3.8, 4) is 17.2 Å². The fourth-order valence-corrected chi connectivity index (χ4v) is 4.17. The minimum absolute atomic E-state index is 0.0573. The second-order valence-electron chi connectivity index (χ2n) is 7.57. The summed E-state index contributed by atoms with van der Waals surface area (Å²) >= 11 is 5.89. The number of likely N-dealkylation sites (tertiary alicyclic amines) is 1. The third kappa shape index (κ3) is 5.11. The van der Waals surface area contributed by atoms with Crippen LogP contribution >= 0.6 is 11.6 Å². The standard InChI is InChI=1S/C24H28ClNO7/c1-16(25)33-23(28)26-12-8-11-24(26,18-9-6-5-7-10-18)15-32-22(27)17-13-19(29-2)21(31-4)20(14-17)30-3/h5-7,9-10,13-14,16H,8,11-12,15H2,1-4H3. The van der Waals surface area contributed by atoms with Gasteiger partial charge in [-0.3, -0.25) is 4.90 Å². The number of methoxy groups -OCH3 is 3. The first-order valence-corrected chi connectivity index (χ1v) is 10.9. The highest BCUT2D eigenvalue weighted by molar-refractivity contribution is 6.19. The highest BCUT2D eigenvalue weighted by Gasteiger charge is 2.47. The van der Waals surface area contributed by atoms with Crippen molar-refractivity contribution in [3.63, 3.8) is 0 Å². The average Bonchev–Trinajstić information content (AvgIpc) is 3.27. The summed E-state index contributed by atoms with van der Waals surface area (Å²) in [5, 5.41) is 0. The molecule has 1 heterocycles. The predicted molar refractivity (Wildman–Crippen MR) is 122 cm³/mol. The Kier molecular flexibility index (Phi) is 7.92. The Morgan fingerprint density at radius 1 is 1.06 bits per heavy atom. The lowest BCUT2D eigenvalue weighted by Crippen LogP contribution is -2.49. The van der Waals surface area contributed by atoms with Crippen molar-refractivity contribution in [3.05, 3.63) is 53.6 Å². The van der Waals surface area contributed by atoms with Gasteiger partial charge in [-0.2, -0.15) is 0 Å². The molecule has 2 aromatic carbocycles. The van der Waals surface area contributed by atoms with Crippen LogP contribution in [0.25, 0.3) is 0 Å². The molecular formula is C24H28ClNO7. The Bertz CT molecular complexity index is 957. The Hall–Kier alpha value is -3.13. The van der Waals surface area contributed by atoms with E-state index in [-0.39, 0.29) is 12.2 Å². The van der Waals surface area contributed by atoms with E-state index in [4.69, 9.17) is 35.3 Å². The molecule has 33 heavy (non-hydrogen) atoms. The molecule has 0 aliphatic carbocycles. The summed E-state index contributed by atoms with van der Waals surface area (Å²) in [4.78, 5) is 27.5. The number of nitrogens with zero attached hydrogens (tertiary/aromatic N) is 1. The summed E-state index contributed by atoms with van der Waals surface area (Å²) in [7, 11) is 4.42. The van der Waals surface area contributed by atoms with Gasteiger partial charge >= 0.3 is 12.1 Å². The fourth-order valence-electron chi connectivity index (χ4n) is 4.10. The molecule has 1 fully saturated rings. The van der Waals surface area contributed by atoms with E-state index < -0.39 is 23.2 Å². The zero-order chi connectivity index (χ0) is 24.0. The maximum absolute atomic E-state index is 13.0. The quantitative estimate of drug-likeness (QED) is 0.406. The van der Waals surface area contributed by atoms with Gasteiger partial charge in [0.1, 0.15) is 12.1 Å². The summed E-state index contributed by atoms with van der Waals surface area (Å²) in [6, 6.07) is 12.5. The zero-order valence-corrected chi connectivity index (χ0v) is 19.9. The van der Waals surface area contributed by atoms with Crippen LogP contribution in [0.4, 0.5) is 4.79 Å². The number of alkyl halides is 1. The molecule has 0 spiro atoms. The predicted octanol–water partition coefficient (Wildman–Crippen LogP) is 4.58. The fraction of sp³-hybridized carbons (Fsp3) is 0.417. The first kappa shape index (κ1) is 24.5. The Morgan fingerprint density at radius 3 is 2.24 bits per heavy atom. The zero-order valence-electron chi connectivity index (χ0n) is 19.1. The topological polar surface area (TPSA) is 83.5 Å². The van der Waals surface area contributed by atoms with E-state index in [1.807, 2.05) is 30.3 Å². The van der Waals surface area contributed by atoms with Crippen LogP contribution in [-0.2, 0) is 15.0 Å². The number of amides is 1. The van der Waals surface area contributed by atoms with Gasteiger partial charge in [-0.15, -0.1) is 0 Å². The molecule has 2 unspecified atom stereocenters. The number of esters is 1. The van der Waals surface area contributed by atoms with Crippen molar-refractivity contribution in [2.24, 2.45) is 0 Å². The lowest BCUT2D eigenvalue weighted by atomic mass is 9.88. The largest absolute Gasteiger partial charge is 0.493 e. The van der Waals surface area contributed by atoms with Crippen LogP contribution in [0.15, 0.2) is 42.5 Å². The van der Waals surface area contributed by atoms with Gasteiger partial charge in [-0.05, 0) is 37.5 Å². The van der Waals surface area contributed by atoms with Crippen molar-refractivity contribution in [2.75, 3.05) is 34.5 Å². The van der Waals surface area contributed by atoms with Crippen molar-refractivity contribution < 1.29 is 33.3 Å². The molecule has 1 aliphatic rings. The molecule has 9 heteroatoms. The average molecular weight is 478 g/mol. The van der Waals surface area contributed by atoms with Crippen molar-refractivity contribution in [1.29, 1.82) is 0 Å². The first-order valence-electron chi connectivity index (χ1n) is 10.5. The highest BCUT2D eigenvalue weighted by Crippen LogP contribution is 2.41. The summed E-state index contributed by atoms with van der Waals surface area (Å²) in [5.41, 5.74) is -0.581. The maximum Gasteiger partial charge on any atom is 0.412 e. The number of rotatable bonds is 8. The highest BCUT2D eigenvalue weighted by atomic mass is 35.5. The molecule has 178 valence electrons. The molecule has 2 atom stereocenters. The SMILES string of the molecule is COc1cc(C(=O)OCC2(c3ccccc3)CCCN2C(=O)OC(C)Cl)cc(OC)c1OC. The monoisotopic (exact) mass is 477 g/mol. The molecule has 1 aliphatic heterocycles. The van der Waals surface area contributed by atoms with Crippen molar-refractivity contribution in [2.45, 2.75) is 30.9 Å². The molecule has 2 aromatic rings. The summed E-state index contributed by atoms with van der Waals surface area (Å²) in [5.74, 6) is 0.459. The lowest BCUT2D eigenvalue weighted by molar-refractivity contribution is 0.00735. The van der Waals surface area contributed by atoms with Gasteiger partial charge in [0.15, 0.2) is 17.1 Å². The molecule has 0 radical (unpaired) electrons.